The van der Waals surface area contributed by atoms with Gasteiger partial charge in [-0.2, -0.15) is 0 Å². The topological polar surface area (TPSA) is 37.3 Å². The van der Waals surface area contributed by atoms with E-state index in [0.29, 0.717) is 15.5 Å². The van der Waals surface area contributed by atoms with Crippen LogP contribution in [0.4, 0.5) is 0 Å². The van der Waals surface area contributed by atoms with E-state index in [0.717, 1.165) is 11.3 Å². The molecule has 100 valence electrons. The molecule has 0 aliphatic heterocycles. The molecule has 0 atom stereocenters. The summed E-state index contributed by atoms with van der Waals surface area (Å²) in [6, 6.07) is 14.7. The van der Waals surface area contributed by atoms with Crippen LogP contribution in [0.15, 0.2) is 53.4 Å². The zero-order valence-corrected chi connectivity index (χ0v) is 12.2. The third-order valence-corrected chi connectivity index (χ3v) is 3.77. The Morgan fingerprint density at radius 3 is 2.47 bits per heavy atom. The summed E-state index contributed by atoms with van der Waals surface area (Å²) >= 11 is 7.37. The lowest BCUT2D eigenvalue weighted by Crippen LogP contribution is -3.00. The highest BCUT2D eigenvalue weighted by Gasteiger charge is 2.10. The molecule has 0 spiro atoms. The van der Waals surface area contributed by atoms with Crippen LogP contribution in [0, 0.1) is 0 Å². The Kier molecular flexibility index (Phi) is 6.22. The Labute approximate surface area is 127 Å². The van der Waals surface area contributed by atoms with Gasteiger partial charge in [-0.15, -0.1) is 11.8 Å². The number of hydrogen-bond donors (Lipinski definition) is 1. The summed E-state index contributed by atoms with van der Waals surface area (Å²) in [6.45, 7) is 0. The van der Waals surface area contributed by atoms with Gasteiger partial charge < -0.3 is 17.5 Å². The second-order valence-electron chi connectivity index (χ2n) is 3.72. The van der Waals surface area contributed by atoms with Crippen LogP contribution in [-0.2, 0) is 5.75 Å². The zero-order valence-electron chi connectivity index (χ0n) is 9.85. The molecule has 5 heteroatoms. The van der Waals surface area contributed by atoms with E-state index in [1.807, 2.05) is 30.3 Å². The zero-order chi connectivity index (χ0) is 13.0. The van der Waals surface area contributed by atoms with Gasteiger partial charge in [-0.05, 0) is 23.8 Å². The van der Waals surface area contributed by atoms with Crippen LogP contribution in [0.2, 0.25) is 5.02 Å². The predicted molar refractivity (Wildman–Crippen MR) is 74.4 cm³/mol. The Hall–Kier alpha value is -1.16. The fourth-order valence-electron chi connectivity index (χ4n) is 1.53. The van der Waals surface area contributed by atoms with E-state index in [9.17, 15) is 4.79 Å². The first kappa shape index (κ1) is 15.9. The number of hydrogen-bond acceptors (Lipinski definition) is 2. The largest absolute Gasteiger partial charge is 1.00 e. The number of thioether (sulfide) groups is 1. The monoisotopic (exact) mass is 313 g/mol. The minimum atomic E-state index is -0.928. The SMILES string of the molecule is O=C(O)c1ccc(Cl)cc1SCc1ccccc1.[Cl-]. The van der Waals surface area contributed by atoms with Crippen LogP contribution in [0.25, 0.3) is 0 Å². The normalized spacial score (nSPS) is 9.74. The fraction of sp³-hybridized carbons (Fsp3) is 0.0714. The highest BCUT2D eigenvalue weighted by molar-refractivity contribution is 7.98. The lowest BCUT2D eigenvalue weighted by Gasteiger charge is -2.06. The van der Waals surface area contributed by atoms with E-state index >= 15 is 0 Å². The minimum Gasteiger partial charge on any atom is -1.00 e. The first-order chi connectivity index (χ1) is 8.66. The maximum Gasteiger partial charge on any atom is 0.336 e. The summed E-state index contributed by atoms with van der Waals surface area (Å²) in [6.07, 6.45) is 0. The quantitative estimate of drug-likeness (QED) is 0.865. The van der Waals surface area contributed by atoms with Crippen LogP contribution in [-0.4, -0.2) is 11.1 Å². The van der Waals surface area contributed by atoms with E-state index < -0.39 is 5.97 Å². The maximum absolute atomic E-state index is 11.1. The third kappa shape index (κ3) is 4.46. The van der Waals surface area contributed by atoms with Gasteiger partial charge in [0.05, 0.1) is 5.56 Å². The number of carboxylic acids is 1. The molecular weight excluding hydrogens is 303 g/mol. The summed E-state index contributed by atoms with van der Waals surface area (Å²) in [5.41, 5.74) is 1.44. The number of carbonyl (C=O) groups is 1. The molecule has 0 aromatic heterocycles. The van der Waals surface area contributed by atoms with Gasteiger partial charge in [0.15, 0.2) is 0 Å². The fourth-order valence-corrected chi connectivity index (χ4v) is 2.80. The van der Waals surface area contributed by atoms with Crippen molar-refractivity contribution < 1.29 is 22.3 Å². The predicted octanol–water partition coefficient (Wildman–Crippen LogP) is 1.33. The Morgan fingerprint density at radius 2 is 1.84 bits per heavy atom. The van der Waals surface area contributed by atoms with Gasteiger partial charge in [-0.1, -0.05) is 41.9 Å². The first-order valence-corrected chi connectivity index (χ1v) is 6.73. The Morgan fingerprint density at radius 1 is 1.16 bits per heavy atom. The first-order valence-electron chi connectivity index (χ1n) is 5.36. The second kappa shape index (κ2) is 7.43. The van der Waals surface area contributed by atoms with Crippen molar-refractivity contribution in [2.75, 3.05) is 0 Å². The van der Waals surface area contributed by atoms with E-state index in [1.54, 1.807) is 12.1 Å². The van der Waals surface area contributed by atoms with Crippen molar-refractivity contribution in [3.8, 4) is 0 Å². The standard InChI is InChI=1S/C14H11ClO2S.ClH/c15-11-6-7-12(14(16)17)13(8-11)18-9-10-4-2-1-3-5-10;/h1-8H,9H2,(H,16,17);1H/p-1. The van der Waals surface area contributed by atoms with Crippen molar-refractivity contribution >= 4 is 29.3 Å². The average molecular weight is 314 g/mol. The summed E-state index contributed by atoms with van der Waals surface area (Å²) in [4.78, 5) is 11.8. The number of aromatic carboxylic acids is 1. The molecule has 0 amide bonds. The molecule has 0 bridgehead atoms. The van der Waals surface area contributed by atoms with Crippen molar-refractivity contribution in [3.63, 3.8) is 0 Å². The number of carboxylic acid groups (broad SMARTS) is 1. The highest BCUT2D eigenvalue weighted by Crippen LogP contribution is 2.29. The van der Waals surface area contributed by atoms with Crippen LogP contribution in [0.5, 0.6) is 0 Å². The molecule has 2 aromatic carbocycles. The molecule has 2 aromatic rings. The highest BCUT2D eigenvalue weighted by atomic mass is 35.5. The van der Waals surface area contributed by atoms with Crippen molar-refractivity contribution in [3.05, 3.63) is 64.7 Å². The van der Waals surface area contributed by atoms with E-state index in [-0.39, 0.29) is 12.4 Å². The summed E-state index contributed by atoms with van der Waals surface area (Å²) in [7, 11) is 0. The van der Waals surface area contributed by atoms with Crippen molar-refractivity contribution in [2.45, 2.75) is 10.6 Å². The van der Waals surface area contributed by atoms with Gasteiger partial charge in [-0.25, -0.2) is 4.79 Å². The van der Waals surface area contributed by atoms with Crippen LogP contribution in [0.1, 0.15) is 15.9 Å². The van der Waals surface area contributed by atoms with Crippen molar-refractivity contribution in [1.82, 2.24) is 0 Å². The minimum absolute atomic E-state index is 0. The molecule has 0 heterocycles. The molecule has 0 unspecified atom stereocenters. The van der Waals surface area contributed by atoms with E-state index in [1.165, 1.54) is 17.8 Å². The summed E-state index contributed by atoms with van der Waals surface area (Å²) in [5.74, 6) is -0.205. The molecule has 0 aliphatic rings. The summed E-state index contributed by atoms with van der Waals surface area (Å²) in [5, 5.41) is 9.65. The molecule has 1 N–H and O–H groups in total. The average Bonchev–Trinajstić information content (AvgIpc) is 2.37. The van der Waals surface area contributed by atoms with Gasteiger partial charge >= 0.3 is 5.97 Å². The maximum atomic E-state index is 11.1. The van der Waals surface area contributed by atoms with Gasteiger partial charge in [0.1, 0.15) is 0 Å². The number of halogens is 2. The summed E-state index contributed by atoms with van der Waals surface area (Å²) < 4.78 is 0. The molecule has 2 rings (SSSR count). The molecular formula is C14H11Cl2O2S-. The smallest absolute Gasteiger partial charge is 0.336 e. The van der Waals surface area contributed by atoms with Crippen molar-refractivity contribution in [1.29, 1.82) is 0 Å². The lowest BCUT2D eigenvalue weighted by molar-refractivity contribution is -0.0000190. The van der Waals surface area contributed by atoms with Crippen LogP contribution >= 0.6 is 23.4 Å². The van der Waals surface area contributed by atoms with Crippen LogP contribution in [0.3, 0.4) is 0 Å². The molecule has 0 saturated heterocycles. The second-order valence-corrected chi connectivity index (χ2v) is 5.17. The molecule has 0 radical (unpaired) electrons. The Balaban J connectivity index is 0.00000180. The molecule has 0 aliphatic carbocycles. The van der Waals surface area contributed by atoms with Gasteiger partial charge in [0.2, 0.25) is 0 Å². The molecule has 0 saturated carbocycles. The lowest BCUT2D eigenvalue weighted by atomic mass is 10.2. The van der Waals surface area contributed by atoms with Gasteiger partial charge in [-0.3, -0.25) is 0 Å². The molecule has 0 fully saturated rings. The van der Waals surface area contributed by atoms with Gasteiger partial charge in [0, 0.05) is 15.7 Å². The Bertz CT molecular complexity index is 559. The molecule has 19 heavy (non-hydrogen) atoms. The number of benzene rings is 2. The van der Waals surface area contributed by atoms with E-state index in [2.05, 4.69) is 0 Å². The van der Waals surface area contributed by atoms with Crippen LogP contribution < -0.4 is 12.4 Å². The van der Waals surface area contributed by atoms with E-state index in [4.69, 9.17) is 16.7 Å². The third-order valence-electron chi connectivity index (χ3n) is 2.41. The van der Waals surface area contributed by atoms with Gasteiger partial charge in [0.25, 0.3) is 0 Å². The van der Waals surface area contributed by atoms with Crippen molar-refractivity contribution in [2.24, 2.45) is 0 Å². The number of rotatable bonds is 4. The molecule has 2 nitrogen and oxygen atoms in total.